The minimum absolute atomic E-state index is 0.278. The van der Waals surface area contributed by atoms with E-state index in [9.17, 15) is 4.79 Å². The van der Waals surface area contributed by atoms with Crippen molar-refractivity contribution in [1.29, 1.82) is 0 Å². The number of rotatable bonds is 0. The van der Waals surface area contributed by atoms with Gasteiger partial charge in [0.25, 0.3) is 6.54 Å². The van der Waals surface area contributed by atoms with Crippen LogP contribution in [-0.2, 0) is 9.63 Å². The molecular formula is C3H5N2O2+. The van der Waals surface area contributed by atoms with Crippen molar-refractivity contribution < 1.29 is 14.3 Å². The van der Waals surface area contributed by atoms with Gasteiger partial charge in [0, 0.05) is 0 Å². The highest BCUT2D eigenvalue weighted by Gasteiger charge is 2.19. The first kappa shape index (κ1) is 4.23. The van der Waals surface area contributed by atoms with Gasteiger partial charge < -0.3 is 0 Å². The molecule has 0 radical (unpaired) electrons. The van der Waals surface area contributed by atoms with Crippen LogP contribution >= 0.6 is 0 Å². The van der Waals surface area contributed by atoms with Gasteiger partial charge in [-0.3, -0.25) is 4.84 Å². The molecule has 0 N–H and O–H groups in total. The zero-order chi connectivity index (χ0) is 5.28. The van der Waals surface area contributed by atoms with Crippen LogP contribution in [0.1, 0.15) is 0 Å². The van der Waals surface area contributed by atoms with Crippen molar-refractivity contribution >= 4 is 5.97 Å². The molecule has 0 atom stereocenters. The van der Waals surface area contributed by atoms with Crippen molar-refractivity contribution in [2.45, 2.75) is 0 Å². The second-order valence-electron chi connectivity index (χ2n) is 1.36. The van der Waals surface area contributed by atoms with E-state index in [-0.39, 0.29) is 12.5 Å². The van der Waals surface area contributed by atoms with E-state index in [1.54, 1.807) is 7.05 Å². The molecule has 4 nitrogen and oxygen atoms in total. The molecule has 0 aromatic carbocycles. The third kappa shape index (κ3) is 0.734. The monoisotopic (exact) mass is 101 g/mol. The largest absolute Gasteiger partial charge is 0.407 e. The molecule has 1 rings (SSSR count). The number of carbonyl (C=O) groups excluding carboxylic acids is 1. The van der Waals surface area contributed by atoms with E-state index in [0.717, 1.165) is 0 Å². The topological polar surface area (TPSA) is 41.7 Å². The smallest absolute Gasteiger partial charge is 0.261 e. The van der Waals surface area contributed by atoms with Crippen LogP contribution in [0.3, 0.4) is 0 Å². The van der Waals surface area contributed by atoms with Crippen molar-refractivity contribution in [3.63, 3.8) is 0 Å². The SMILES string of the molecule is C[N+]1=NOC(=O)C1. The van der Waals surface area contributed by atoms with E-state index in [2.05, 4.69) is 10.1 Å². The van der Waals surface area contributed by atoms with Crippen molar-refractivity contribution in [1.82, 2.24) is 0 Å². The van der Waals surface area contributed by atoms with Gasteiger partial charge in [0.05, 0.1) is 0 Å². The minimum atomic E-state index is -0.289. The van der Waals surface area contributed by atoms with Gasteiger partial charge in [-0.2, -0.15) is 0 Å². The van der Waals surface area contributed by atoms with E-state index in [1.165, 1.54) is 4.70 Å². The number of nitrogens with zero attached hydrogens (tertiary/aromatic N) is 2. The third-order valence-corrected chi connectivity index (χ3v) is 0.640. The summed E-state index contributed by atoms with van der Waals surface area (Å²) in [5, 5.41) is 3.30. The van der Waals surface area contributed by atoms with Crippen molar-refractivity contribution in [3.8, 4) is 0 Å². The number of carbonyl (C=O) groups is 1. The fourth-order valence-electron chi connectivity index (χ4n) is 0.360. The first-order valence-corrected chi connectivity index (χ1v) is 1.91. The van der Waals surface area contributed by atoms with Crippen molar-refractivity contribution in [2.24, 2.45) is 5.28 Å². The lowest BCUT2D eigenvalue weighted by molar-refractivity contribution is -0.558. The van der Waals surface area contributed by atoms with Gasteiger partial charge in [0.1, 0.15) is 0 Å². The summed E-state index contributed by atoms with van der Waals surface area (Å²) < 4.78 is 1.43. The highest BCUT2D eigenvalue weighted by Crippen LogP contribution is 1.89. The molecule has 1 aliphatic rings. The average Bonchev–Trinajstić information content (AvgIpc) is 1.87. The molecule has 0 aliphatic carbocycles. The van der Waals surface area contributed by atoms with Gasteiger partial charge in [-0.1, -0.05) is 4.70 Å². The predicted molar refractivity (Wildman–Crippen MR) is 19.6 cm³/mol. The predicted octanol–water partition coefficient (Wildman–Crippen LogP) is -0.447. The first-order chi connectivity index (χ1) is 3.29. The Morgan fingerprint density at radius 1 is 2.00 bits per heavy atom. The molecule has 0 saturated heterocycles. The molecule has 1 aliphatic heterocycles. The maximum atomic E-state index is 10.1. The molecule has 1 heterocycles. The molecule has 0 aromatic rings. The fourth-order valence-corrected chi connectivity index (χ4v) is 0.360. The third-order valence-electron chi connectivity index (χ3n) is 0.640. The number of hydrogen-bond donors (Lipinski definition) is 0. The first-order valence-electron chi connectivity index (χ1n) is 1.91. The van der Waals surface area contributed by atoms with Gasteiger partial charge in [0.2, 0.25) is 0 Å². The molecule has 0 aromatic heterocycles. The number of hydrogen-bond acceptors (Lipinski definition) is 3. The normalized spacial score (nSPS) is 19.0. The van der Waals surface area contributed by atoms with E-state index in [1.807, 2.05) is 0 Å². The fraction of sp³-hybridized carbons (Fsp3) is 0.667. The molecule has 0 amide bonds. The van der Waals surface area contributed by atoms with E-state index in [0.29, 0.717) is 0 Å². The lowest BCUT2D eigenvalue weighted by Crippen LogP contribution is -2.05. The van der Waals surface area contributed by atoms with Crippen LogP contribution in [0, 0.1) is 0 Å². The van der Waals surface area contributed by atoms with Gasteiger partial charge in [-0.05, 0) is 0 Å². The molecular weight excluding hydrogens is 96.0 g/mol. The van der Waals surface area contributed by atoms with Crippen LogP contribution in [-0.4, -0.2) is 24.3 Å². The molecule has 0 spiro atoms. The van der Waals surface area contributed by atoms with Gasteiger partial charge >= 0.3 is 5.97 Å². The molecule has 0 fully saturated rings. The summed E-state index contributed by atoms with van der Waals surface area (Å²) in [6.45, 7) is 0.278. The second kappa shape index (κ2) is 1.29. The van der Waals surface area contributed by atoms with Crippen molar-refractivity contribution in [2.75, 3.05) is 13.6 Å². The standard InChI is InChI=1S/C3H5N2O2/c1-5-2-3(6)7-4-5/h2H2,1H3/q+1. The maximum Gasteiger partial charge on any atom is 0.407 e. The van der Waals surface area contributed by atoms with E-state index >= 15 is 0 Å². The van der Waals surface area contributed by atoms with Crippen LogP contribution < -0.4 is 0 Å². The Morgan fingerprint density at radius 2 is 2.71 bits per heavy atom. The van der Waals surface area contributed by atoms with Crippen LogP contribution in [0.2, 0.25) is 0 Å². The quantitative estimate of drug-likeness (QED) is 0.388. The molecule has 0 saturated carbocycles. The zero-order valence-electron chi connectivity index (χ0n) is 3.92. The molecule has 4 heteroatoms. The summed E-state index contributed by atoms with van der Waals surface area (Å²) >= 11 is 0. The van der Waals surface area contributed by atoms with Crippen LogP contribution in [0.15, 0.2) is 5.28 Å². The summed E-state index contributed by atoms with van der Waals surface area (Å²) in [6.07, 6.45) is 0. The lowest BCUT2D eigenvalue weighted by atomic mass is 10.7. The van der Waals surface area contributed by atoms with Crippen LogP contribution in [0.25, 0.3) is 0 Å². The van der Waals surface area contributed by atoms with Crippen LogP contribution in [0.5, 0.6) is 0 Å². The van der Waals surface area contributed by atoms with Gasteiger partial charge in [-0.15, -0.1) is 0 Å². The Balaban J connectivity index is 2.58. The van der Waals surface area contributed by atoms with Crippen LogP contribution in [0.4, 0.5) is 0 Å². The Hall–Kier alpha value is -0.930. The Labute approximate surface area is 40.3 Å². The summed E-state index contributed by atoms with van der Waals surface area (Å²) in [4.78, 5) is 14.3. The molecule has 0 bridgehead atoms. The molecule has 38 valence electrons. The summed E-state index contributed by atoms with van der Waals surface area (Å²) in [6, 6.07) is 0. The summed E-state index contributed by atoms with van der Waals surface area (Å²) in [7, 11) is 1.67. The van der Waals surface area contributed by atoms with Gasteiger partial charge in [0.15, 0.2) is 12.3 Å². The van der Waals surface area contributed by atoms with Gasteiger partial charge in [-0.25, -0.2) is 4.79 Å². The summed E-state index contributed by atoms with van der Waals surface area (Å²) in [5.74, 6) is -0.289. The highest BCUT2D eigenvalue weighted by atomic mass is 16.7. The van der Waals surface area contributed by atoms with E-state index < -0.39 is 0 Å². The average molecular weight is 101 g/mol. The molecule has 0 unspecified atom stereocenters. The Kier molecular flexibility index (Phi) is 0.780. The Morgan fingerprint density at radius 3 is 2.86 bits per heavy atom. The minimum Gasteiger partial charge on any atom is -0.261 e. The maximum absolute atomic E-state index is 10.1. The van der Waals surface area contributed by atoms with Crippen molar-refractivity contribution in [3.05, 3.63) is 0 Å². The second-order valence-corrected chi connectivity index (χ2v) is 1.36. The summed E-state index contributed by atoms with van der Waals surface area (Å²) in [5.41, 5.74) is 0. The Bertz CT molecular complexity index is 129. The molecule has 7 heavy (non-hydrogen) atoms. The lowest BCUT2D eigenvalue weighted by Gasteiger charge is -1.67. The highest BCUT2D eigenvalue weighted by molar-refractivity contribution is 5.70. The number of likely N-dealkylation sites (N-methyl/N-ethyl adjacent to an activating group) is 1. The van der Waals surface area contributed by atoms with E-state index in [4.69, 9.17) is 0 Å². The zero-order valence-corrected chi connectivity index (χ0v) is 3.92.